The Hall–Kier alpha value is -2.81. The van der Waals surface area contributed by atoms with Gasteiger partial charge in [-0.1, -0.05) is 12.1 Å². The van der Waals surface area contributed by atoms with E-state index in [0.717, 1.165) is 12.1 Å². The summed E-state index contributed by atoms with van der Waals surface area (Å²) in [5, 5.41) is 4.27. The van der Waals surface area contributed by atoms with Gasteiger partial charge >= 0.3 is 6.18 Å². The maximum Gasteiger partial charge on any atom is 0.416 e. The second-order valence-corrected chi connectivity index (χ2v) is 6.34. The fourth-order valence-electron chi connectivity index (χ4n) is 2.59. The van der Waals surface area contributed by atoms with Gasteiger partial charge in [-0.2, -0.15) is 17.7 Å². The van der Waals surface area contributed by atoms with Gasteiger partial charge in [-0.25, -0.2) is 4.98 Å². The topological polar surface area (TPSA) is 69.3 Å². The van der Waals surface area contributed by atoms with Crippen molar-refractivity contribution >= 4 is 27.4 Å². The molecule has 3 heterocycles. The minimum absolute atomic E-state index is 0.249. The molecule has 0 radical (unpaired) electrons. The summed E-state index contributed by atoms with van der Waals surface area (Å²) >= 11 is 3.21. The number of rotatable bonds is 2. The van der Waals surface area contributed by atoms with Gasteiger partial charge in [0.1, 0.15) is 5.82 Å². The molecule has 3 aromatic heterocycles. The average molecular weight is 423 g/mol. The summed E-state index contributed by atoms with van der Waals surface area (Å²) in [5.41, 5.74) is 6.59. The number of anilines is 1. The Labute approximate surface area is 153 Å². The highest BCUT2D eigenvalue weighted by atomic mass is 79.9. The molecule has 9 heteroatoms. The molecular weight excluding hydrogens is 413 g/mol. The first-order valence-electron chi connectivity index (χ1n) is 7.41. The molecule has 0 saturated carbocycles. The molecule has 0 atom stereocenters. The molecule has 132 valence electrons. The van der Waals surface area contributed by atoms with E-state index >= 15 is 0 Å². The molecule has 0 fully saturated rings. The van der Waals surface area contributed by atoms with E-state index in [2.05, 4.69) is 26.0 Å². The van der Waals surface area contributed by atoms with E-state index in [1.54, 1.807) is 30.3 Å². The van der Waals surface area contributed by atoms with E-state index < -0.39 is 11.7 Å². The van der Waals surface area contributed by atoms with Crippen LogP contribution >= 0.6 is 15.9 Å². The average Bonchev–Trinajstić information content (AvgIpc) is 3.20. The lowest BCUT2D eigenvalue weighted by atomic mass is 10.0. The van der Waals surface area contributed by atoms with Crippen molar-refractivity contribution in [1.82, 2.24) is 14.6 Å². The van der Waals surface area contributed by atoms with Gasteiger partial charge in [-0.15, -0.1) is 5.10 Å². The van der Waals surface area contributed by atoms with Crippen LogP contribution in [0.5, 0.6) is 0 Å². The fraction of sp³-hybridized carbons (Fsp3) is 0.0588. The van der Waals surface area contributed by atoms with Gasteiger partial charge in [0.05, 0.1) is 5.56 Å². The van der Waals surface area contributed by atoms with Crippen LogP contribution in [-0.2, 0) is 6.18 Å². The van der Waals surface area contributed by atoms with E-state index in [1.165, 1.54) is 10.6 Å². The Morgan fingerprint density at radius 1 is 1.04 bits per heavy atom. The summed E-state index contributed by atoms with van der Waals surface area (Å²) in [4.78, 5) is 4.35. The molecule has 5 nitrogen and oxygen atoms in total. The highest BCUT2D eigenvalue weighted by Crippen LogP contribution is 2.33. The molecule has 26 heavy (non-hydrogen) atoms. The molecule has 0 amide bonds. The summed E-state index contributed by atoms with van der Waals surface area (Å²) in [7, 11) is 0. The molecule has 4 rings (SSSR count). The number of aromatic nitrogens is 3. The summed E-state index contributed by atoms with van der Waals surface area (Å²) < 4.78 is 46.2. The minimum atomic E-state index is -4.42. The third-order valence-corrected chi connectivity index (χ3v) is 4.21. The number of pyridine rings is 1. The smallest absolute Gasteiger partial charge is 0.416 e. The van der Waals surface area contributed by atoms with Crippen molar-refractivity contribution in [3.63, 3.8) is 0 Å². The Morgan fingerprint density at radius 3 is 2.54 bits per heavy atom. The van der Waals surface area contributed by atoms with Crippen LogP contribution in [0.3, 0.4) is 0 Å². The van der Waals surface area contributed by atoms with Crippen molar-refractivity contribution in [2.75, 3.05) is 5.73 Å². The molecule has 0 aliphatic heterocycles. The summed E-state index contributed by atoms with van der Waals surface area (Å²) in [5.74, 6) is 1.02. The number of nitrogen functional groups attached to an aromatic ring is 1. The first kappa shape index (κ1) is 16.6. The number of nitrogens with two attached hydrogens (primary N) is 1. The van der Waals surface area contributed by atoms with Crippen molar-refractivity contribution in [2.24, 2.45) is 0 Å². The zero-order chi connectivity index (χ0) is 18.5. The molecule has 2 N–H and O–H groups in total. The van der Waals surface area contributed by atoms with Crippen molar-refractivity contribution in [3.8, 4) is 22.7 Å². The Balaban J connectivity index is 1.83. The van der Waals surface area contributed by atoms with E-state index in [4.69, 9.17) is 10.2 Å². The second-order valence-electron chi connectivity index (χ2n) is 5.56. The van der Waals surface area contributed by atoms with Gasteiger partial charge in [0.25, 0.3) is 0 Å². The van der Waals surface area contributed by atoms with Crippen LogP contribution in [0.1, 0.15) is 5.56 Å². The number of furan rings is 1. The second kappa shape index (κ2) is 5.87. The van der Waals surface area contributed by atoms with E-state index in [-0.39, 0.29) is 5.82 Å². The summed E-state index contributed by atoms with van der Waals surface area (Å²) in [6.45, 7) is 0. The minimum Gasteiger partial charge on any atom is -0.446 e. The van der Waals surface area contributed by atoms with Crippen LogP contribution in [-0.4, -0.2) is 14.6 Å². The normalized spacial score (nSPS) is 12.0. The molecule has 0 saturated heterocycles. The van der Waals surface area contributed by atoms with Crippen molar-refractivity contribution in [1.29, 1.82) is 0 Å². The van der Waals surface area contributed by atoms with Gasteiger partial charge in [0.2, 0.25) is 5.82 Å². The SMILES string of the molecule is Nc1cc(-c2cccc(C(F)(F)F)c2)cc2nc(-c3ccc(Br)o3)nn12. The maximum atomic E-state index is 12.9. The molecule has 0 bridgehead atoms. The monoisotopic (exact) mass is 422 g/mol. The fourth-order valence-corrected chi connectivity index (χ4v) is 2.90. The van der Waals surface area contributed by atoms with Gasteiger partial charge in [-0.3, -0.25) is 0 Å². The van der Waals surface area contributed by atoms with Crippen molar-refractivity contribution in [3.05, 3.63) is 58.8 Å². The maximum absolute atomic E-state index is 12.9. The Bertz CT molecular complexity index is 1120. The van der Waals surface area contributed by atoms with Crippen LogP contribution < -0.4 is 5.73 Å². The number of nitrogens with zero attached hydrogens (tertiary/aromatic N) is 3. The van der Waals surface area contributed by atoms with Crippen LogP contribution in [0.25, 0.3) is 28.4 Å². The van der Waals surface area contributed by atoms with E-state index in [9.17, 15) is 13.2 Å². The first-order chi connectivity index (χ1) is 12.3. The number of halogens is 4. The highest BCUT2D eigenvalue weighted by molar-refractivity contribution is 9.10. The molecule has 1 aromatic carbocycles. The first-order valence-corrected chi connectivity index (χ1v) is 8.20. The Morgan fingerprint density at radius 2 is 1.85 bits per heavy atom. The van der Waals surface area contributed by atoms with Crippen molar-refractivity contribution < 1.29 is 17.6 Å². The lowest BCUT2D eigenvalue weighted by Gasteiger charge is -2.09. The molecule has 0 aliphatic rings. The molecule has 4 aromatic rings. The zero-order valence-corrected chi connectivity index (χ0v) is 14.5. The lowest BCUT2D eigenvalue weighted by molar-refractivity contribution is -0.137. The molecule has 0 aliphatic carbocycles. The Kier molecular flexibility index (Phi) is 3.76. The third-order valence-electron chi connectivity index (χ3n) is 3.78. The third kappa shape index (κ3) is 2.94. The molecular formula is C17H10BrF3N4O. The number of benzene rings is 1. The lowest BCUT2D eigenvalue weighted by Crippen LogP contribution is -2.04. The largest absolute Gasteiger partial charge is 0.446 e. The summed E-state index contributed by atoms with van der Waals surface area (Å²) in [6.07, 6.45) is -4.42. The van der Waals surface area contributed by atoms with Crippen LogP contribution in [0.15, 0.2) is 57.6 Å². The highest BCUT2D eigenvalue weighted by Gasteiger charge is 2.30. The molecule has 0 unspecified atom stereocenters. The quantitative estimate of drug-likeness (QED) is 0.492. The molecule has 0 spiro atoms. The number of alkyl halides is 3. The van der Waals surface area contributed by atoms with Crippen molar-refractivity contribution in [2.45, 2.75) is 6.18 Å². The predicted octanol–water partition coefficient (Wildman–Crippen LogP) is 5.02. The van der Waals surface area contributed by atoms with Gasteiger partial charge in [0, 0.05) is 0 Å². The van der Waals surface area contributed by atoms with Crippen LogP contribution in [0.2, 0.25) is 0 Å². The number of hydrogen-bond donors (Lipinski definition) is 1. The van der Waals surface area contributed by atoms with Crippen LogP contribution in [0.4, 0.5) is 19.0 Å². The van der Waals surface area contributed by atoms with Gasteiger partial charge in [-0.05, 0) is 63.5 Å². The standard InChI is InChI=1S/C17H10BrF3N4O/c18-13-5-4-12(26-13)16-23-15-8-10(7-14(22)25(15)24-16)9-2-1-3-11(6-9)17(19,20)21/h1-8H,22H2. The van der Waals surface area contributed by atoms with Gasteiger partial charge in [0.15, 0.2) is 16.1 Å². The van der Waals surface area contributed by atoms with E-state index in [0.29, 0.717) is 33.0 Å². The number of fused-ring (bicyclic) bond motifs is 1. The predicted molar refractivity (Wildman–Crippen MR) is 93.2 cm³/mol. The number of hydrogen-bond acceptors (Lipinski definition) is 4. The summed E-state index contributed by atoms with van der Waals surface area (Å²) in [6, 6.07) is 11.6. The van der Waals surface area contributed by atoms with E-state index in [1.807, 2.05) is 0 Å². The zero-order valence-electron chi connectivity index (χ0n) is 13.0. The van der Waals surface area contributed by atoms with Gasteiger partial charge < -0.3 is 10.2 Å². The van der Waals surface area contributed by atoms with Crippen LogP contribution in [0, 0.1) is 0 Å².